The molecule has 2 nitrogen and oxygen atoms in total. The molecule has 0 aliphatic carbocycles. The minimum atomic E-state index is 0.888. The van der Waals surface area contributed by atoms with Gasteiger partial charge in [-0.2, -0.15) is 11.5 Å². The van der Waals surface area contributed by atoms with Crippen LogP contribution in [0, 0.1) is 6.57 Å². The lowest BCUT2D eigenvalue weighted by Gasteiger charge is -2.09. The summed E-state index contributed by atoms with van der Waals surface area (Å²) in [6.07, 6.45) is 0. The highest BCUT2D eigenvalue weighted by Gasteiger charge is 2.11. The molecule has 0 bridgehead atoms. The summed E-state index contributed by atoms with van der Waals surface area (Å²) in [5.41, 5.74) is 1.78. The molecule has 0 spiro atoms. The topological polar surface area (TPSA) is 7.60 Å². The Bertz CT molecular complexity index is 417. The molecule has 2 heteroatoms. The Morgan fingerprint density at radius 1 is 0.733 bits per heavy atom. The quantitative estimate of drug-likeness (QED) is 0.523. The third-order valence-electron chi connectivity index (χ3n) is 2.10. The van der Waals surface area contributed by atoms with Crippen LogP contribution in [0.3, 0.4) is 0 Å². The molecule has 0 N–H and O–H groups in total. The van der Waals surface area contributed by atoms with Crippen molar-refractivity contribution in [3.05, 3.63) is 72.2 Å². The summed E-state index contributed by atoms with van der Waals surface area (Å²) in [5.74, 6) is 0. The first-order valence-electron chi connectivity index (χ1n) is 4.69. The van der Waals surface area contributed by atoms with Crippen LogP contribution in [-0.2, 0) is 0 Å². The highest BCUT2D eigenvalue weighted by molar-refractivity contribution is 5.64. The summed E-state index contributed by atoms with van der Waals surface area (Å²) >= 11 is 0. The van der Waals surface area contributed by atoms with Crippen molar-refractivity contribution in [1.82, 2.24) is 0 Å². The maximum Gasteiger partial charge on any atom is 0.119 e. The lowest BCUT2D eigenvalue weighted by molar-refractivity contribution is 1.28. The Balaban J connectivity index is 2.39. The fraction of sp³-hybridized carbons (Fsp3) is 0. The van der Waals surface area contributed by atoms with E-state index in [-0.39, 0.29) is 0 Å². The lowest BCUT2D eigenvalue weighted by Crippen LogP contribution is -2.04. The van der Waals surface area contributed by atoms with Gasteiger partial charge < -0.3 is 0 Å². The van der Waals surface area contributed by atoms with E-state index < -0.39 is 0 Å². The van der Waals surface area contributed by atoms with Crippen LogP contribution in [0.1, 0.15) is 0 Å². The molecule has 15 heavy (non-hydrogen) atoms. The second kappa shape index (κ2) is 4.30. The first kappa shape index (κ1) is 9.29. The number of benzene rings is 2. The Morgan fingerprint density at radius 3 is 1.47 bits per heavy atom. The molecule has 0 saturated carbocycles. The van der Waals surface area contributed by atoms with Gasteiger partial charge in [-0.3, -0.25) is 0 Å². The van der Waals surface area contributed by atoms with E-state index in [1.807, 2.05) is 60.7 Å². The van der Waals surface area contributed by atoms with Crippen molar-refractivity contribution in [3.63, 3.8) is 0 Å². The third-order valence-corrected chi connectivity index (χ3v) is 2.10. The zero-order valence-electron chi connectivity index (χ0n) is 8.17. The molecule has 2 rings (SSSR count). The smallest absolute Gasteiger partial charge is 0.119 e. The summed E-state index contributed by atoms with van der Waals surface area (Å²) in [5, 5.41) is 1.58. The molecule has 0 aromatic heterocycles. The summed E-state index contributed by atoms with van der Waals surface area (Å²) in [6, 6.07) is 19.3. The number of hydrogen-bond donors (Lipinski definition) is 0. The summed E-state index contributed by atoms with van der Waals surface area (Å²) < 4.78 is 0. The minimum Gasteiger partial charge on any atom is -0.183 e. The van der Waals surface area contributed by atoms with Gasteiger partial charge in [0.05, 0.1) is 0 Å². The van der Waals surface area contributed by atoms with E-state index in [4.69, 9.17) is 6.57 Å². The molecule has 0 atom stereocenters. The fourth-order valence-corrected chi connectivity index (χ4v) is 1.40. The Morgan fingerprint density at radius 2 is 1.13 bits per heavy atom. The molecule has 0 saturated heterocycles. The second-order valence-electron chi connectivity index (χ2n) is 3.08. The van der Waals surface area contributed by atoms with E-state index in [1.165, 1.54) is 0 Å². The number of nitrogens with zero attached hydrogens (tertiary/aromatic N) is 2. The fourth-order valence-electron chi connectivity index (χ4n) is 1.40. The molecule has 0 heterocycles. The van der Waals surface area contributed by atoms with Crippen LogP contribution in [0.15, 0.2) is 60.7 Å². The summed E-state index contributed by atoms with van der Waals surface area (Å²) in [7, 11) is 0. The van der Waals surface area contributed by atoms with Gasteiger partial charge in [0.2, 0.25) is 0 Å². The van der Waals surface area contributed by atoms with Crippen LogP contribution in [-0.4, -0.2) is 0 Å². The molecular weight excluding hydrogens is 184 g/mol. The third kappa shape index (κ3) is 1.97. The van der Waals surface area contributed by atoms with Crippen LogP contribution in [0.5, 0.6) is 0 Å². The Labute approximate surface area is 89.2 Å². The van der Waals surface area contributed by atoms with Crippen LogP contribution in [0.2, 0.25) is 0 Å². The van der Waals surface area contributed by atoms with Crippen LogP contribution in [0.25, 0.3) is 4.95 Å². The highest BCUT2D eigenvalue weighted by atomic mass is 15.4. The first-order valence-corrected chi connectivity index (χ1v) is 4.69. The maximum absolute atomic E-state index is 7.19. The lowest BCUT2D eigenvalue weighted by atomic mass is 10.2. The molecule has 0 amide bonds. The van der Waals surface area contributed by atoms with Crippen molar-refractivity contribution in [1.29, 1.82) is 0 Å². The van der Waals surface area contributed by atoms with E-state index >= 15 is 0 Å². The van der Waals surface area contributed by atoms with Crippen molar-refractivity contribution in [3.8, 4) is 0 Å². The standard InChI is InChI=1S/C13H10N2/c1-14-15(12-8-4-2-5-9-12)13-10-6-3-7-11-13/h2-11H. The van der Waals surface area contributed by atoms with Crippen LogP contribution < -0.4 is 5.01 Å². The van der Waals surface area contributed by atoms with E-state index in [1.54, 1.807) is 5.01 Å². The van der Waals surface area contributed by atoms with Gasteiger partial charge in [0.15, 0.2) is 0 Å². The largest absolute Gasteiger partial charge is 0.183 e. The zero-order chi connectivity index (χ0) is 10.5. The van der Waals surface area contributed by atoms with Crippen molar-refractivity contribution < 1.29 is 0 Å². The van der Waals surface area contributed by atoms with Gasteiger partial charge in [0, 0.05) is 0 Å². The Kier molecular flexibility index (Phi) is 2.66. The normalized spacial score (nSPS) is 9.27. The predicted octanol–water partition coefficient (Wildman–Crippen LogP) is 3.66. The first-order chi connectivity index (χ1) is 7.42. The van der Waals surface area contributed by atoms with E-state index in [9.17, 15) is 0 Å². The van der Waals surface area contributed by atoms with Gasteiger partial charge in [0.25, 0.3) is 0 Å². The maximum atomic E-state index is 7.19. The van der Waals surface area contributed by atoms with Gasteiger partial charge in [0.1, 0.15) is 11.4 Å². The molecule has 0 aliphatic heterocycles. The van der Waals surface area contributed by atoms with E-state index in [0.29, 0.717) is 0 Å². The molecule has 0 fully saturated rings. The highest BCUT2D eigenvalue weighted by Crippen LogP contribution is 2.24. The molecule has 2 aromatic carbocycles. The number of anilines is 2. The molecule has 0 radical (unpaired) electrons. The second-order valence-corrected chi connectivity index (χ2v) is 3.08. The van der Waals surface area contributed by atoms with E-state index in [2.05, 4.69) is 4.95 Å². The predicted molar refractivity (Wildman–Crippen MR) is 61.6 cm³/mol. The number of hydrogen-bond acceptors (Lipinski definition) is 1. The van der Waals surface area contributed by atoms with Crippen LogP contribution >= 0.6 is 0 Å². The van der Waals surface area contributed by atoms with Gasteiger partial charge in [-0.1, -0.05) is 36.4 Å². The van der Waals surface area contributed by atoms with Crippen molar-refractivity contribution >= 4 is 11.4 Å². The zero-order valence-corrected chi connectivity index (χ0v) is 8.17. The molecule has 2 aromatic rings. The summed E-state index contributed by atoms with van der Waals surface area (Å²) in [4.78, 5) is 3.51. The molecule has 0 aliphatic rings. The van der Waals surface area contributed by atoms with Gasteiger partial charge >= 0.3 is 0 Å². The average Bonchev–Trinajstić information content (AvgIpc) is 2.33. The van der Waals surface area contributed by atoms with Gasteiger partial charge in [-0.05, 0) is 29.3 Å². The van der Waals surface area contributed by atoms with Gasteiger partial charge in [-0.15, -0.1) is 0 Å². The SMILES string of the molecule is [C-]#[N+]N(c1ccccc1)c1ccccc1. The van der Waals surface area contributed by atoms with Crippen molar-refractivity contribution in [2.75, 3.05) is 5.01 Å². The molecule has 72 valence electrons. The minimum absolute atomic E-state index is 0.888. The number of rotatable bonds is 2. The number of para-hydroxylation sites is 2. The molecular formula is C13H10N2. The Hall–Kier alpha value is -2.27. The van der Waals surface area contributed by atoms with Crippen LogP contribution in [0.4, 0.5) is 11.4 Å². The monoisotopic (exact) mass is 194 g/mol. The van der Waals surface area contributed by atoms with E-state index in [0.717, 1.165) is 11.4 Å². The van der Waals surface area contributed by atoms with Crippen molar-refractivity contribution in [2.24, 2.45) is 0 Å². The summed E-state index contributed by atoms with van der Waals surface area (Å²) in [6.45, 7) is 7.19. The van der Waals surface area contributed by atoms with Crippen molar-refractivity contribution in [2.45, 2.75) is 0 Å². The van der Waals surface area contributed by atoms with Gasteiger partial charge in [-0.25, -0.2) is 0 Å². The molecule has 0 unspecified atom stereocenters. The average molecular weight is 194 g/mol.